The normalized spacial score (nSPS) is 12.9. The molecule has 2 nitrogen and oxygen atoms in total. The molecule has 0 aliphatic rings. The Morgan fingerprint density at radius 2 is 1.70 bits per heavy atom. The molecular formula is C20H33GeO2. The summed E-state index contributed by atoms with van der Waals surface area (Å²) < 4.78 is 6.16. The van der Waals surface area contributed by atoms with E-state index in [9.17, 15) is 0 Å². The molecule has 3 heteroatoms. The number of benzene rings is 1. The van der Waals surface area contributed by atoms with Crippen molar-refractivity contribution < 1.29 is 9.84 Å². The van der Waals surface area contributed by atoms with Crippen molar-refractivity contribution in [2.45, 2.75) is 61.2 Å². The van der Waals surface area contributed by atoms with Gasteiger partial charge in [-0.05, 0) is 0 Å². The van der Waals surface area contributed by atoms with E-state index in [0.717, 1.165) is 0 Å². The fraction of sp³-hybridized carbons (Fsp3) is 0.600. The molecule has 0 fully saturated rings. The van der Waals surface area contributed by atoms with E-state index in [4.69, 9.17) is 9.84 Å². The zero-order chi connectivity index (χ0) is 16.8. The van der Waals surface area contributed by atoms with Gasteiger partial charge in [0.25, 0.3) is 0 Å². The molecule has 23 heavy (non-hydrogen) atoms. The number of aliphatic hydroxyl groups is 1. The van der Waals surface area contributed by atoms with Gasteiger partial charge in [-0.3, -0.25) is 0 Å². The fourth-order valence-electron chi connectivity index (χ4n) is 2.74. The number of ether oxygens (including phenoxy) is 1. The molecule has 0 aliphatic heterocycles. The minimum atomic E-state index is -1.20. The van der Waals surface area contributed by atoms with Crippen molar-refractivity contribution >= 4 is 14.3 Å². The predicted octanol–water partition coefficient (Wildman–Crippen LogP) is 5.32. The van der Waals surface area contributed by atoms with Crippen LogP contribution in [0, 0.1) is 0 Å². The quantitative estimate of drug-likeness (QED) is 0.286. The molecule has 1 atom stereocenters. The van der Waals surface area contributed by atoms with Crippen molar-refractivity contribution in [2.24, 2.45) is 0 Å². The molecule has 0 amide bonds. The first kappa shape index (κ1) is 20.3. The van der Waals surface area contributed by atoms with Gasteiger partial charge < -0.3 is 0 Å². The van der Waals surface area contributed by atoms with Crippen LogP contribution < -0.4 is 0 Å². The molecule has 0 saturated carbocycles. The molecule has 1 unspecified atom stereocenters. The second-order valence-corrected chi connectivity index (χ2v) is 12.2. The van der Waals surface area contributed by atoms with E-state index < -0.39 is 14.3 Å². The number of unbranched alkanes of at least 4 members (excludes halogenated alkanes) is 2. The van der Waals surface area contributed by atoms with Crippen LogP contribution in [-0.4, -0.2) is 32.7 Å². The van der Waals surface area contributed by atoms with E-state index in [1.807, 2.05) is 6.26 Å². The van der Waals surface area contributed by atoms with Gasteiger partial charge in [0.15, 0.2) is 0 Å². The molecule has 0 aliphatic carbocycles. The fourth-order valence-corrected chi connectivity index (χ4v) is 10.1. The molecule has 0 spiro atoms. The second-order valence-electron chi connectivity index (χ2n) is 6.03. The average Bonchev–Trinajstić information content (AvgIpc) is 2.60. The zero-order valence-electron chi connectivity index (χ0n) is 14.8. The van der Waals surface area contributed by atoms with E-state index in [2.05, 4.69) is 50.3 Å². The first-order chi connectivity index (χ1) is 11.3. The van der Waals surface area contributed by atoms with Crippen molar-refractivity contribution in [3.8, 4) is 0 Å². The Kier molecular flexibility index (Phi) is 12.1. The molecule has 0 saturated heterocycles. The summed E-state index contributed by atoms with van der Waals surface area (Å²) in [4.78, 5) is 0. The van der Waals surface area contributed by atoms with E-state index in [1.54, 1.807) is 0 Å². The summed E-state index contributed by atoms with van der Waals surface area (Å²) in [7, 11) is 0. The molecule has 1 aromatic rings. The summed E-state index contributed by atoms with van der Waals surface area (Å²) >= 11 is -1.20. The Bertz CT molecular complexity index is 397. The molecule has 0 bridgehead atoms. The Morgan fingerprint density at radius 3 is 2.26 bits per heavy atom. The van der Waals surface area contributed by atoms with Crippen LogP contribution in [0.3, 0.4) is 0 Å². The van der Waals surface area contributed by atoms with Gasteiger partial charge in [-0.25, -0.2) is 0 Å². The maximum absolute atomic E-state index is 8.84. The van der Waals surface area contributed by atoms with Gasteiger partial charge in [-0.15, -0.1) is 0 Å². The molecule has 1 rings (SSSR count). The number of rotatable bonds is 13. The third kappa shape index (κ3) is 8.61. The number of allylic oxidation sites excluding steroid dienone is 1. The summed E-state index contributed by atoms with van der Waals surface area (Å²) in [5, 5.41) is 11.7. The third-order valence-corrected chi connectivity index (χ3v) is 11.2. The Morgan fingerprint density at radius 1 is 1.04 bits per heavy atom. The summed E-state index contributed by atoms with van der Waals surface area (Å²) in [5.74, 6) is 0. The molecule has 129 valence electrons. The first-order valence-corrected chi connectivity index (χ1v) is 13.3. The van der Waals surface area contributed by atoms with E-state index in [0.29, 0.717) is 17.8 Å². The second kappa shape index (κ2) is 13.7. The molecule has 1 aromatic carbocycles. The van der Waals surface area contributed by atoms with Crippen LogP contribution in [0.25, 0.3) is 0 Å². The van der Waals surface area contributed by atoms with Gasteiger partial charge in [0, 0.05) is 0 Å². The summed E-state index contributed by atoms with van der Waals surface area (Å²) in [5.41, 5.74) is 1.46. The predicted molar refractivity (Wildman–Crippen MR) is 101 cm³/mol. The van der Waals surface area contributed by atoms with Gasteiger partial charge in [-0.2, -0.15) is 0 Å². The van der Waals surface area contributed by atoms with Gasteiger partial charge in [0.05, 0.1) is 0 Å². The van der Waals surface area contributed by atoms with Crippen LogP contribution in [0.1, 0.15) is 56.3 Å². The van der Waals surface area contributed by atoms with Gasteiger partial charge in [0.1, 0.15) is 0 Å². The van der Waals surface area contributed by atoms with Crippen molar-refractivity contribution in [1.82, 2.24) is 0 Å². The van der Waals surface area contributed by atoms with Crippen LogP contribution in [0.5, 0.6) is 0 Å². The van der Waals surface area contributed by atoms with Crippen molar-refractivity contribution in [2.75, 3.05) is 13.2 Å². The summed E-state index contributed by atoms with van der Waals surface area (Å²) in [6, 6.07) is 10.9. The molecular weight excluding hydrogens is 345 g/mol. The molecule has 1 radical (unpaired) electrons. The number of aliphatic hydroxyl groups excluding tert-OH is 1. The van der Waals surface area contributed by atoms with Crippen LogP contribution in [-0.2, 0) is 4.74 Å². The topological polar surface area (TPSA) is 29.5 Å². The van der Waals surface area contributed by atoms with Crippen LogP contribution in [0.4, 0.5) is 0 Å². The zero-order valence-corrected chi connectivity index (χ0v) is 16.9. The van der Waals surface area contributed by atoms with E-state index >= 15 is 0 Å². The van der Waals surface area contributed by atoms with Crippen LogP contribution >= 0.6 is 0 Å². The van der Waals surface area contributed by atoms with Crippen molar-refractivity contribution in [1.29, 1.82) is 0 Å². The van der Waals surface area contributed by atoms with E-state index in [-0.39, 0.29) is 6.61 Å². The van der Waals surface area contributed by atoms with Gasteiger partial charge in [0.2, 0.25) is 0 Å². The number of hydrogen-bond acceptors (Lipinski definition) is 2. The van der Waals surface area contributed by atoms with Gasteiger partial charge in [-0.1, -0.05) is 0 Å². The Balaban J connectivity index is 2.81. The minimum absolute atomic E-state index is 0.197. The van der Waals surface area contributed by atoms with Crippen LogP contribution in [0.15, 0.2) is 42.7 Å². The SMILES string of the molecule is CCC[CH2][Ge]([CH2]CCC)[CH](/C=C\OCCCO)c1ccccc1. The summed E-state index contributed by atoms with van der Waals surface area (Å²) in [6.45, 7) is 5.39. The van der Waals surface area contributed by atoms with Crippen LogP contribution in [0.2, 0.25) is 10.5 Å². The molecule has 1 N–H and O–H groups in total. The van der Waals surface area contributed by atoms with Crippen molar-refractivity contribution in [3.05, 3.63) is 48.2 Å². The molecule has 0 heterocycles. The summed E-state index contributed by atoms with van der Waals surface area (Å²) in [6.07, 6.45) is 10.2. The average molecular weight is 378 g/mol. The standard InChI is InChI=1S/C20H33GeO2/c1-3-5-14-21(15-6-4-2)20(13-18-23-17-10-16-22)19-11-8-7-9-12-19/h7-9,11-13,18,20,22H,3-6,10,14-17H2,1-2H3/b18-13-. The monoisotopic (exact) mass is 379 g/mol. The van der Waals surface area contributed by atoms with Crippen molar-refractivity contribution in [3.63, 3.8) is 0 Å². The third-order valence-electron chi connectivity index (χ3n) is 4.09. The Hall–Kier alpha value is -0.737. The van der Waals surface area contributed by atoms with Gasteiger partial charge >= 0.3 is 147 Å². The Labute approximate surface area is 147 Å². The van der Waals surface area contributed by atoms with E-state index in [1.165, 1.54) is 41.8 Å². The molecule has 0 aromatic heterocycles. The first-order valence-electron chi connectivity index (χ1n) is 9.12. The maximum atomic E-state index is 8.84. The number of hydrogen-bond donors (Lipinski definition) is 1.